The summed E-state index contributed by atoms with van der Waals surface area (Å²) in [5.41, 5.74) is 0.995. The third kappa shape index (κ3) is 2.26. The predicted molar refractivity (Wildman–Crippen MR) is 58.6 cm³/mol. The summed E-state index contributed by atoms with van der Waals surface area (Å²) in [6.45, 7) is 6.56. The molecule has 1 aromatic rings. The van der Waals surface area contributed by atoms with Gasteiger partial charge in [-0.2, -0.15) is 0 Å². The average Bonchev–Trinajstić information content (AvgIpc) is 2.59. The van der Waals surface area contributed by atoms with Gasteiger partial charge in [-0.25, -0.2) is 4.98 Å². The highest BCUT2D eigenvalue weighted by atomic mass is 16.3. The Kier molecular flexibility index (Phi) is 2.61. The van der Waals surface area contributed by atoms with Crippen LogP contribution in [0.25, 0.3) is 0 Å². The molecule has 0 saturated carbocycles. The fourth-order valence-corrected chi connectivity index (χ4v) is 1.90. The highest BCUT2D eigenvalue weighted by Crippen LogP contribution is 2.31. The van der Waals surface area contributed by atoms with Gasteiger partial charge in [0.05, 0.1) is 24.7 Å². The Morgan fingerprint density at radius 3 is 2.67 bits per heavy atom. The molecule has 0 amide bonds. The molecule has 1 N–H and O–H groups in total. The van der Waals surface area contributed by atoms with Crippen LogP contribution in [0.15, 0.2) is 12.4 Å². The van der Waals surface area contributed by atoms with Crippen molar-refractivity contribution < 1.29 is 5.11 Å². The van der Waals surface area contributed by atoms with E-state index in [0.717, 1.165) is 18.9 Å². The summed E-state index contributed by atoms with van der Waals surface area (Å²) in [5, 5.41) is 8.86. The fraction of sp³-hybridized carbons (Fsp3) is 0.636. The zero-order chi connectivity index (χ0) is 10.9. The standard InChI is InChI=1S/C11H17N3O/c1-11(2)3-4-14(8-11)10-6-12-9(7-15)5-13-10/h5-6,15H,3-4,7-8H2,1-2H3. The van der Waals surface area contributed by atoms with Gasteiger partial charge in [-0.15, -0.1) is 0 Å². The number of aromatic nitrogens is 2. The Morgan fingerprint density at radius 2 is 2.20 bits per heavy atom. The molecular weight excluding hydrogens is 190 g/mol. The largest absolute Gasteiger partial charge is 0.390 e. The first-order valence-electron chi connectivity index (χ1n) is 5.27. The molecule has 0 aliphatic carbocycles. The van der Waals surface area contributed by atoms with Crippen molar-refractivity contribution in [1.82, 2.24) is 9.97 Å². The predicted octanol–water partition coefficient (Wildman–Crippen LogP) is 1.21. The van der Waals surface area contributed by atoms with Crippen molar-refractivity contribution in [3.8, 4) is 0 Å². The van der Waals surface area contributed by atoms with Crippen LogP contribution in [0, 0.1) is 5.41 Å². The average molecular weight is 207 g/mol. The number of hydrogen-bond acceptors (Lipinski definition) is 4. The van der Waals surface area contributed by atoms with E-state index in [9.17, 15) is 0 Å². The van der Waals surface area contributed by atoms with E-state index in [1.807, 2.05) is 0 Å². The monoisotopic (exact) mass is 207 g/mol. The lowest BCUT2D eigenvalue weighted by atomic mass is 9.93. The van der Waals surface area contributed by atoms with Gasteiger partial charge < -0.3 is 10.0 Å². The van der Waals surface area contributed by atoms with Crippen LogP contribution in [0.1, 0.15) is 26.0 Å². The third-order valence-corrected chi connectivity index (χ3v) is 2.86. The molecule has 1 aliphatic rings. The van der Waals surface area contributed by atoms with Crippen molar-refractivity contribution in [1.29, 1.82) is 0 Å². The normalized spacial score (nSPS) is 19.5. The van der Waals surface area contributed by atoms with E-state index < -0.39 is 0 Å². The van der Waals surface area contributed by atoms with E-state index in [1.165, 1.54) is 6.42 Å². The van der Waals surface area contributed by atoms with E-state index >= 15 is 0 Å². The lowest BCUT2D eigenvalue weighted by molar-refractivity contribution is 0.276. The maximum absolute atomic E-state index is 8.86. The molecule has 0 spiro atoms. The lowest BCUT2D eigenvalue weighted by Crippen LogP contribution is -2.23. The van der Waals surface area contributed by atoms with Crippen molar-refractivity contribution in [2.45, 2.75) is 26.9 Å². The van der Waals surface area contributed by atoms with Gasteiger partial charge in [-0.3, -0.25) is 4.98 Å². The number of anilines is 1. The summed E-state index contributed by atoms with van der Waals surface area (Å²) in [6, 6.07) is 0. The van der Waals surface area contributed by atoms with Crippen LogP contribution >= 0.6 is 0 Å². The van der Waals surface area contributed by atoms with Crippen LogP contribution in [0.4, 0.5) is 5.82 Å². The Bertz CT molecular complexity index is 334. The minimum Gasteiger partial charge on any atom is -0.390 e. The number of aliphatic hydroxyl groups is 1. The van der Waals surface area contributed by atoms with Crippen LogP contribution < -0.4 is 4.90 Å². The summed E-state index contributed by atoms with van der Waals surface area (Å²) in [5.74, 6) is 0.915. The van der Waals surface area contributed by atoms with Crippen LogP contribution in [0.5, 0.6) is 0 Å². The van der Waals surface area contributed by atoms with E-state index in [1.54, 1.807) is 12.4 Å². The minimum absolute atomic E-state index is 0.0429. The molecule has 1 saturated heterocycles. The molecule has 0 atom stereocenters. The topological polar surface area (TPSA) is 49.2 Å². The first-order valence-corrected chi connectivity index (χ1v) is 5.27. The molecule has 1 aliphatic heterocycles. The van der Waals surface area contributed by atoms with Crippen LogP contribution in [-0.2, 0) is 6.61 Å². The summed E-state index contributed by atoms with van der Waals surface area (Å²) in [6.07, 6.45) is 4.57. The molecule has 4 nitrogen and oxygen atoms in total. The Balaban J connectivity index is 2.11. The van der Waals surface area contributed by atoms with Gasteiger partial charge in [0.15, 0.2) is 0 Å². The summed E-state index contributed by atoms with van der Waals surface area (Å²) >= 11 is 0. The minimum atomic E-state index is -0.0429. The van der Waals surface area contributed by atoms with E-state index in [2.05, 4.69) is 28.7 Å². The van der Waals surface area contributed by atoms with Gasteiger partial charge in [0.2, 0.25) is 0 Å². The molecular formula is C11H17N3O. The van der Waals surface area contributed by atoms with Crippen molar-refractivity contribution in [3.63, 3.8) is 0 Å². The van der Waals surface area contributed by atoms with Gasteiger partial charge in [0.1, 0.15) is 5.82 Å². The Hall–Kier alpha value is -1.16. The molecule has 0 radical (unpaired) electrons. The van der Waals surface area contributed by atoms with Crippen molar-refractivity contribution in [2.24, 2.45) is 5.41 Å². The van der Waals surface area contributed by atoms with Gasteiger partial charge in [-0.05, 0) is 11.8 Å². The molecule has 4 heteroatoms. The molecule has 2 heterocycles. The Labute approximate surface area is 90.0 Å². The zero-order valence-electron chi connectivity index (χ0n) is 9.27. The first-order chi connectivity index (χ1) is 7.11. The molecule has 0 aromatic carbocycles. The van der Waals surface area contributed by atoms with E-state index in [4.69, 9.17) is 5.11 Å². The Morgan fingerprint density at radius 1 is 1.40 bits per heavy atom. The number of rotatable bonds is 2. The second kappa shape index (κ2) is 3.77. The zero-order valence-corrected chi connectivity index (χ0v) is 9.27. The number of hydrogen-bond donors (Lipinski definition) is 1. The second-order valence-electron chi connectivity index (χ2n) is 4.86. The van der Waals surface area contributed by atoms with Gasteiger partial charge in [0, 0.05) is 13.1 Å². The highest BCUT2D eigenvalue weighted by Gasteiger charge is 2.29. The van der Waals surface area contributed by atoms with Gasteiger partial charge >= 0.3 is 0 Å². The molecule has 0 bridgehead atoms. The van der Waals surface area contributed by atoms with Crippen molar-refractivity contribution in [3.05, 3.63) is 18.1 Å². The second-order valence-corrected chi connectivity index (χ2v) is 4.86. The quantitative estimate of drug-likeness (QED) is 0.791. The van der Waals surface area contributed by atoms with Crippen molar-refractivity contribution in [2.75, 3.05) is 18.0 Å². The smallest absolute Gasteiger partial charge is 0.147 e. The van der Waals surface area contributed by atoms with Gasteiger partial charge in [-0.1, -0.05) is 13.8 Å². The number of nitrogens with zero attached hydrogens (tertiary/aromatic N) is 3. The highest BCUT2D eigenvalue weighted by molar-refractivity contribution is 5.37. The molecule has 15 heavy (non-hydrogen) atoms. The lowest BCUT2D eigenvalue weighted by Gasteiger charge is -2.20. The molecule has 0 unspecified atom stereocenters. The fourth-order valence-electron chi connectivity index (χ4n) is 1.90. The first kappa shape index (κ1) is 10.4. The molecule has 2 rings (SSSR count). The van der Waals surface area contributed by atoms with Crippen LogP contribution in [0.3, 0.4) is 0 Å². The van der Waals surface area contributed by atoms with Crippen LogP contribution in [0.2, 0.25) is 0 Å². The molecule has 1 fully saturated rings. The summed E-state index contributed by atoms with van der Waals surface area (Å²) in [4.78, 5) is 10.7. The summed E-state index contributed by atoms with van der Waals surface area (Å²) in [7, 11) is 0. The SMILES string of the molecule is CC1(C)CCN(c2cnc(CO)cn2)C1. The van der Waals surface area contributed by atoms with Crippen LogP contribution in [-0.4, -0.2) is 28.2 Å². The molecule has 82 valence electrons. The number of aliphatic hydroxyl groups excluding tert-OH is 1. The maximum Gasteiger partial charge on any atom is 0.147 e. The summed E-state index contributed by atoms with van der Waals surface area (Å²) < 4.78 is 0. The van der Waals surface area contributed by atoms with E-state index in [0.29, 0.717) is 11.1 Å². The van der Waals surface area contributed by atoms with Crippen molar-refractivity contribution >= 4 is 5.82 Å². The maximum atomic E-state index is 8.86. The molecule has 1 aromatic heterocycles. The third-order valence-electron chi connectivity index (χ3n) is 2.86. The van der Waals surface area contributed by atoms with E-state index in [-0.39, 0.29) is 6.61 Å². The van der Waals surface area contributed by atoms with Gasteiger partial charge in [0.25, 0.3) is 0 Å².